The van der Waals surface area contributed by atoms with Crippen LogP contribution in [-0.2, 0) is 17.8 Å². The molecule has 4 aromatic rings. The molecule has 1 N–H and O–H groups in total. The van der Waals surface area contributed by atoms with Gasteiger partial charge in [-0.15, -0.1) is 11.8 Å². The van der Waals surface area contributed by atoms with Gasteiger partial charge in [-0.2, -0.15) is 0 Å². The summed E-state index contributed by atoms with van der Waals surface area (Å²) in [4.78, 5) is 31.9. The Morgan fingerprint density at radius 1 is 1.00 bits per heavy atom. The van der Waals surface area contributed by atoms with Gasteiger partial charge < -0.3 is 19.7 Å². The van der Waals surface area contributed by atoms with Gasteiger partial charge in [0.25, 0.3) is 5.91 Å². The fourth-order valence-corrected chi connectivity index (χ4v) is 6.34. The molecule has 0 saturated heterocycles. The first-order chi connectivity index (χ1) is 17.6. The van der Waals surface area contributed by atoms with Crippen LogP contribution in [0.4, 0.5) is 5.69 Å². The molecule has 6 rings (SSSR count). The highest BCUT2D eigenvalue weighted by Gasteiger charge is 2.42. The van der Waals surface area contributed by atoms with Crippen molar-refractivity contribution >= 4 is 40.2 Å². The van der Waals surface area contributed by atoms with E-state index in [4.69, 9.17) is 0 Å². The number of nitrogens with one attached hydrogen (secondary N) is 1. The minimum absolute atomic E-state index is 0.0190. The molecule has 2 aliphatic rings. The topological polar surface area (TPSA) is 57.6 Å². The Hall–Kier alpha value is -3.71. The lowest BCUT2D eigenvalue weighted by Gasteiger charge is -2.46. The van der Waals surface area contributed by atoms with Crippen molar-refractivity contribution in [3.05, 3.63) is 95.7 Å². The van der Waals surface area contributed by atoms with Crippen LogP contribution in [-0.4, -0.2) is 47.2 Å². The highest BCUT2D eigenvalue weighted by Crippen LogP contribution is 2.44. The van der Waals surface area contributed by atoms with E-state index in [2.05, 4.69) is 39.0 Å². The Balaban J connectivity index is 1.30. The third kappa shape index (κ3) is 3.84. The zero-order chi connectivity index (χ0) is 24.6. The molecule has 1 unspecified atom stereocenters. The second kappa shape index (κ2) is 9.39. The van der Waals surface area contributed by atoms with Crippen molar-refractivity contribution in [1.82, 2.24) is 14.8 Å². The smallest absolute Gasteiger partial charge is 0.257 e. The summed E-state index contributed by atoms with van der Waals surface area (Å²) in [5.74, 6) is 0.845. The van der Waals surface area contributed by atoms with Gasteiger partial charge in [0, 0.05) is 41.7 Å². The molecule has 1 aromatic heterocycles. The molecule has 182 valence electrons. The summed E-state index contributed by atoms with van der Waals surface area (Å²) in [5.41, 5.74) is 4.98. The molecule has 0 spiro atoms. The number of fused-ring (bicyclic) bond motifs is 6. The minimum atomic E-state index is -0.245. The monoisotopic (exact) mass is 496 g/mol. The Morgan fingerprint density at radius 3 is 2.61 bits per heavy atom. The zero-order valence-electron chi connectivity index (χ0n) is 20.2. The van der Waals surface area contributed by atoms with Gasteiger partial charge in [0.15, 0.2) is 0 Å². The SMILES string of the molecule is CN1c2ccccc2C(=O)N2CCc3c(n(CC(=O)NCCSc4ccccc4)c4ccccc34)C21. The number of carbonyl (C=O) groups is 2. The van der Waals surface area contributed by atoms with Crippen LogP contribution in [0, 0.1) is 0 Å². The first-order valence-corrected chi connectivity index (χ1v) is 13.3. The van der Waals surface area contributed by atoms with Gasteiger partial charge in [-0.1, -0.05) is 48.5 Å². The van der Waals surface area contributed by atoms with Crippen LogP contribution in [0.5, 0.6) is 0 Å². The number of rotatable bonds is 6. The number of carbonyl (C=O) groups excluding carboxylic acids is 2. The van der Waals surface area contributed by atoms with Crippen molar-refractivity contribution in [3.63, 3.8) is 0 Å². The number of aromatic nitrogens is 1. The van der Waals surface area contributed by atoms with E-state index in [9.17, 15) is 9.59 Å². The lowest BCUT2D eigenvalue weighted by atomic mass is 9.96. The maximum atomic E-state index is 13.5. The quantitative estimate of drug-likeness (QED) is 0.311. The third-order valence-corrected chi connectivity index (χ3v) is 8.16. The molecule has 0 saturated carbocycles. The van der Waals surface area contributed by atoms with Crippen LogP contribution in [0.1, 0.15) is 27.8 Å². The van der Waals surface area contributed by atoms with Gasteiger partial charge in [-0.3, -0.25) is 9.59 Å². The maximum Gasteiger partial charge on any atom is 0.257 e. The Morgan fingerprint density at radius 2 is 1.75 bits per heavy atom. The highest BCUT2D eigenvalue weighted by atomic mass is 32.2. The number of para-hydroxylation sites is 2. The van der Waals surface area contributed by atoms with Crippen molar-refractivity contribution in [1.29, 1.82) is 0 Å². The van der Waals surface area contributed by atoms with Crippen LogP contribution in [0.15, 0.2) is 83.8 Å². The molecule has 3 aromatic carbocycles. The highest BCUT2D eigenvalue weighted by molar-refractivity contribution is 7.99. The number of anilines is 1. The summed E-state index contributed by atoms with van der Waals surface area (Å²) in [6, 6.07) is 26.3. The summed E-state index contributed by atoms with van der Waals surface area (Å²) in [6.07, 6.45) is 0.529. The fourth-order valence-electron chi connectivity index (χ4n) is 5.55. The Bertz CT molecular complexity index is 1450. The van der Waals surface area contributed by atoms with Gasteiger partial charge in [0.2, 0.25) is 5.91 Å². The number of hydrogen-bond acceptors (Lipinski definition) is 4. The molecular formula is C29H28N4O2S. The molecule has 0 bridgehead atoms. The van der Waals surface area contributed by atoms with Crippen molar-refractivity contribution in [3.8, 4) is 0 Å². The summed E-state index contributed by atoms with van der Waals surface area (Å²) < 4.78 is 2.12. The van der Waals surface area contributed by atoms with Crippen LogP contribution in [0.25, 0.3) is 10.9 Å². The second-order valence-electron chi connectivity index (χ2n) is 9.23. The standard InChI is InChI=1S/C29H28N4O2S/c1-31-24-13-7-6-12-23(24)29(35)32-17-15-22-21-11-5-8-14-25(21)33(27(22)28(31)32)19-26(34)30-16-18-36-20-9-3-2-4-10-20/h2-14,28H,15-19H2,1H3,(H,30,34). The second-order valence-corrected chi connectivity index (χ2v) is 10.4. The van der Waals surface area contributed by atoms with E-state index in [1.165, 1.54) is 15.8 Å². The van der Waals surface area contributed by atoms with E-state index < -0.39 is 0 Å². The third-order valence-electron chi connectivity index (χ3n) is 7.14. The van der Waals surface area contributed by atoms with E-state index in [1.54, 1.807) is 11.8 Å². The van der Waals surface area contributed by atoms with E-state index in [0.29, 0.717) is 13.1 Å². The normalized spacial score (nSPS) is 16.5. The summed E-state index contributed by atoms with van der Waals surface area (Å²) in [7, 11) is 2.04. The van der Waals surface area contributed by atoms with Crippen LogP contribution >= 0.6 is 11.8 Å². The maximum absolute atomic E-state index is 13.5. The number of thioether (sulfide) groups is 1. The van der Waals surface area contributed by atoms with E-state index >= 15 is 0 Å². The molecule has 1 atom stereocenters. The largest absolute Gasteiger partial charge is 0.354 e. The first-order valence-electron chi connectivity index (χ1n) is 12.3. The average molecular weight is 497 g/mol. The fraction of sp³-hybridized carbons (Fsp3) is 0.241. The number of benzene rings is 3. The van der Waals surface area contributed by atoms with Crippen molar-refractivity contribution in [2.45, 2.75) is 24.0 Å². The van der Waals surface area contributed by atoms with Crippen LogP contribution < -0.4 is 10.2 Å². The Labute approximate surface area is 214 Å². The lowest BCUT2D eigenvalue weighted by molar-refractivity contribution is -0.121. The van der Waals surface area contributed by atoms with Gasteiger partial charge in [0.1, 0.15) is 12.7 Å². The van der Waals surface area contributed by atoms with Crippen molar-refractivity contribution < 1.29 is 9.59 Å². The lowest BCUT2D eigenvalue weighted by Crippen LogP contribution is -2.51. The van der Waals surface area contributed by atoms with Crippen LogP contribution in [0.2, 0.25) is 0 Å². The van der Waals surface area contributed by atoms with E-state index in [1.807, 2.05) is 66.5 Å². The molecule has 0 radical (unpaired) electrons. The predicted octanol–water partition coefficient (Wildman–Crippen LogP) is 4.70. The molecule has 0 fully saturated rings. The van der Waals surface area contributed by atoms with Gasteiger partial charge in [-0.05, 0) is 42.3 Å². The molecule has 36 heavy (non-hydrogen) atoms. The number of nitrogens with zero attached hydrogens (tertiary/aromatic N) is 3. The Kier molecular flexibility index (Phi) is 5.93. The van der Waals surface area contributed by atoms with E-state index in [-0.39, 0.29) is 24.5 Å². The average Bonchev–Trinajstić information content (AvgIpc) is 3.23. The zero-order valence-corrected chi connectivity index (χ0v) is 21.0. The van der Waals surface area contributed by atoms with Gasteiger partial charge >= 0.3 is 0 Å². The summed E-state index contributed by atoms with van der Waals surface area (Å²) >= 11 is 1.73. The summed E-state index contributed by atoms with van der Waals surface area (Å²) in [5, 5.41) is 4.26. The molecule has 3 heterocycles. The molecule has 7 heteroatoms. The molecule has 2 aliphatic heterocycles. The predicted molar refractivity (Wildman–Crippen MR) is 144 cm³/mol. The van der Waals surface area contributed by atoms with Crippen molar-refractivity contribution in [2.75, 3.05) is 30.8 Å². The molecule has 2 amide bonds. The minimum Gasteiger partial charge on any atom is -0.354 e. The number of hydrogen-bond donors (Lipinski definition) is 1. The first kappa shape index (κ1) is 22.7. The van der Waals surface area contributed by atoms with Gasteiger partial charge in [0.05, 0.1) is 16.9 Å². The van der Waals surface area contributed by atoms with Crippen molar-refractivity contribution in [2.24, 2.45) is 0 Å². The number of amides is 2. The van der Waals surface area contributed by atoms with E-state index in [0.717, 1.165) is 34.6 Å². The summed E-state index contributed by atoms with van der Waals surface area (Å²) in [6.45, 7) is 1.48. The molecule has 0 aliphatic carbocycles. The van der Waals surface area contributed by atoms with Gasteiger partial charge in [-0.25, -0.2) is 0 Å². The molecule has 6 nitrogen and oxygen atoms in total. The van der Waals surface area contributed by atoms with Crippen LogP contribution in [0.3, 0.4) is 0 Å². The molecular weight excluding hydrogens is 468 g/mol.